The van der Waals surface area contributed by atoms with Gasteiger partial charge in [-0.3, -0.25) is 0 Å². The quantitative estimate of drug-likeness (QED) is 0.409. The second-order valence-electron chi connectivity index (χ2n) is 2.11. The molecule has 0 fully saturated rings. The average molecular weight is 144 g/mol. The summed E-state index contributed by atoms with van der Waals surface area (Å²) in [5.74, 6) is 0. The predicted octanol–water partition coefficient (Wildman–Crippen LogP) is 0.216. The number of hydrogen-bond donors (Lipinski definition) is 1. The number of nitrogens with zero attached hydrogens (tertiary/aromatic N) is 2. The second kappa shape index (κ2) is 1.95. The molecule has 0 aliphatic carbocycles. The summed E-state index contributed by atoms with van der Waals surface area (Å²) in [6.45, 7) is 1.98. The molecule has 0 radical (unpaired) electrons. The molecule has 0 aromatic carbocycles. The number of hydrogen-bond acceptors (Lipinski definition) is 1. The Morgan fingerprint density at radius 3 is 2.33 bits per heavy atom. The standard InChI is InChI=1S/C5H9N3S/c1-4-5(9)8(3)6-7(4)2/h1-3H3/p+1. The molecule has 50 valence electrons. The third-order valence-corrected chi connectivity index (χ3v) is 1.99. The van der Waals surface area contributed by atoms with E-state index in [1.807, 2.05) is 30.4 Å². The molecule has 0 amide bonds. The Kier molecular flexibility index (Phi) is 1.40. The number of aromatic amines is 1. The number of nitrogens with one attached hydrogen (secondary N) is 1. The Labute approximate surface area is 58.9 Å². The maximum atomic E-state index is 5.03. The minimum atomic E-state index is 0.859. The van der Waals surface area contributed by atoms with Crippen molar-refractivity contribution in [1.29, 1.82) is 0 Å². The van der Waals surface area contributed by atoms with E-state index in [-0.39, 0.29) is 0 Å². The van der Waals surface area contributed by atoms with Gasteiger partial charge in [-0.15, -0.1) is 0 Å². The first kappa shape index (κ1) is 6.48. The Morgan fingerprint density at radius 2 is 2.22 bits per heavy atom. The van der Waals surface area contributed by atoms with Crippen molar-refractivity contribution in [2.75, 3.05) is 0 Å². The lowest BCUT2D eigenvalue weighted by molar-refractivity contribution is -0.737. The van der Waals surface area contributed by atoms with Crippen LogP contribution in [0.15, 0.2) is 0 Å². The van der Waals surface area contributed by atoms with E-state index in [1.165, 1.54) is 0 Å². The highest BCUT2D eigenvalue weighted by Crippen LogP contribution is 1.88. The fraction of sp³-hybridized carbons (Fsp3) is 0.600. The van der Waals surface area contributed by atoms with Crippen molar-refractivity contribution in [2.24, 2.45) is 14.1 Å². The minimum absolute atomic E-state index is 0.859. The van der Waals surface area contributed by atoms with Crippen molar-refractivity contribution < 1.29 is 4.68 Å². The molecule has 0 saturated carbocycles. The van der Waals surface area contributed by atoms with Crippen LogP contribution in [0.1, 0.15) is 5.69 Å². The molecule has 0 bridgehead atoms. The van der Waals surface area contributed by atoms with E-state index in [0.29, 0.717) is 0 Å². The van der Waals surface area contributed by atoms with Gasteiger partial charge in [-0.05, 0) is 12.2 Å². The molecule has 0 aliphatic heterocycles. The zero-order chi connectivity index (χ0) is 7.02. The fourth-order valence-corrected chi connectivity index (χ4v) is 0.909. The third-order valence-electron chi connectivity index (χ3n) is 1.42. The molecule has 0 unspecified atom stereocenters. The van der Waals surface area contributed by atoms with Crippen LogP contribution in [0.4, 0.5) is 0 Å². The summed E-state index contributed by atoms with van der Waals surface area (Å²) < 4.78 is 4.56. The Hall–Kier alpha value is -0.640. The van der Waals surface area contributed by atoms with Crippen LogP contribution >= 0.6 is 12.2 Å². The van der Waals surface area contributed by atoms with E-state index >= 15 is 0 Å². The largest absolute Gasteiger partial charge is 0.254 e. The van der Waals surface area contributed by atoms with Crippen molar-refractivity contribution in [2.45, 2.75) is 6.92 Å². The molecule has 0 atom stereocenters. The molecule has 3 nitrogen and oxygen atoms in total. The number of H-pyrrole nitrogens is 1. The molecule has 1 N–H and O–H groups in total. The lowest BCUT2D eigenvalue weighted by atomic mass is 10.5. The van der Waals surface area contributed by atoms with Gasteiger partial charge in [0.25, 0.3) is 4.64 Å². The molecule has 0 saturated heterocycles. The van der Waals surface area contributed by atoms with Crippen molar-refractivity contribution in [3.05, 3.63) is 10.3 Å². The topological polar surface area (TPSA) is 24.6 Å². The monoisotopic (exact) mass is 144 g/mol. The zero-order valence-electron chi connectivity index (χ0n) is 5.80. The molecule has 1 rings (SSSR count). The van der Waals surface area contributed by atoms with Gasteiger partial charge >= 0.3 is 0 Å². The molecule has 0 aliphatic rings. The molecular weight excluding hydrogens is 134 g/mol. The SMILES string of the molecule is Cc1c(=S)n(C)[nH][n+]1C. The van der Waals surface area contributed by atoms with Crippen molar-refractivity contribution in [1.82, 2.24) is 9.90 Å². The minimum Gasteiger partial charge on any atom is -0.165 e. The number of aryl methyl sites for hydroxylation is 2. The maximum Gasteiger partial charge on any atom is 0.254 e. The van der Waals surface area contributed by atoms with Crippen LogP contribution in [0, 0.1) is 11.6 Å². The summed E-state index contributed by atoms with van der Waals surface area (Å²) in [7, 11) is 3.83. The maximum absolute atomic E-state index is 5.03. The predicted molar refractivity (Wildman–Crippen MR) is 36.5 cm³/mol. The van der Waals surface area contributed by atoms with E-state index in [4.69, 9.17) is 12.2 Å². The zero-order valence-corrected chi connectivity index (χ0v) is 6.62. The summed E-state index contributed by atoms with van der Waals surface area (Å²) in [5, 5.41) is 3.00. The lowest BCUT2D eigenvalue weighted by Crippen LogP contribution is -2.33. The summed E-state index contributed by atoms with van der Waals surface area (Å²) in [4.78, 5) is 0. The van der Waals surface area contributed by atoms with E-state index in [1.54, 1.807) is 0 Å². The van der Waals surface area contributed by atoms with E-state index in [9.17, 15) is 0 Å². The summed E-state index contributed by atoms with van der Waals surface area (Å²) in [5.41, 5.74) is 1.09. The van der Waals surface area contributed by atoms with Crippen LogP contribution in [0.2, 0.25) is 0 Å². The molecule has 9 heavy (non-hydrogen) atoms. The Balaban J connectivity index is 3.48. The van der Waals surface area contributed by atoms with Gasteiger partial charge in [0.2, 0.25) is 0 Å². The van der Waals surface area contributed by atoms with Crippen LogP contribution in [0.25, 0.3) is 0 Å². The summed E-state index contributed by atoms with van der Waals surface area (Å²) in [6.07, 6.45) is 0. The summed E-state index contributed by atoms with van der Waals surface area (Å²) >= 11 is 5.03. The highest BCUT2D eigenvalue weighted by molar-refractivity contribution is 7.71. The van der Waals surface area contributed by atoms with Gasteiger partial charge in [-0.25, -0.2) is 0 Å². The molecule has 4 heteroatoms. The highest BCUT2D eigenvalue weighted by Gasteiger charge is 2.04. The van der Waals surface area contributed by atoms with Crippen LogP contribution in [0.3, 0.4) is 0 Å². The van der Waals surface area contributed by atoms with Crippen molar-refractivity contribution in [3.8, 4) is 0 Å². The van der Waals surface area contributed by atoms with Gasteiger partial charge in [-0.1, -0.05) is 5.21 Å². The van der Waals surface area contributed by atoms with Crippen molar-refractivity contribution in [3.63, 3.8) is 0 Å². The van der Waals surface area contributed by atoms with Gasteiger partial charge in [0.1, 0.15) is 14.1 Å². The average Bonchev–Trinajstić information content (AvgIpc) is 1.98. The van der Waals surface area contributed by atoms with E-state index in [2.05, 4.69) is 5.21 Å². The first-order valence-corrected chi connectivity index (χ1v) is 3.15. The van der Waals surface area contributed by atoms with Gasteiger partial charge < -0.3 is 0 Å². The third kappa shape index (κ3) is 0.896. The van der Waals surface area contributed by atoms with E-state index < -0.39 is 0 Å². The normalized spacial score (nSPS) is 10.1. The van der Waals surface area contributed by atoms with E-state index in [0.717, 1.165) is 10.3 Å². The second-order valence-corrected chi connectivity index (χ2v) is 2.50. The number of aromatic nitrogens is 3. The molecule has 0 spiro atoms. The molecule has 1 heterocycles. The molecule has 1 aromatic rings. The fourth-order valence-electron chi connectivity index (χ4n) is 0.732. The molecule has 1 aromatic heterocycles. The van der Waals surface area contributed by atoms with Gasteiger partial charge in [-0.2, -0.15) is 9.36 Å². The highest BCUT2D eigenvalue weighted by atomic mass is 32.1. The van der Waals surface area contributed by atoms with Gasteiger partial charge in [0, 0.05) is 6.92 Å². The Bertz CT molecular complexity index is 270. The first-order chi connectivity index (χ1) is 4.13. The lowest BCUT2D eigenvalue weighted by Gasteiger charge is -1.78. The van der Waals surface area contributed by atoms with Crippen LogP contribution < -0.4 is 4.68 Å². The van der Waals surface area contributed by atoms with Crippen LogP contribution in [-0.2, 0) is 14.1 Å². The van der Waals surface area contributed by atoms with Crippen molar-refractivity contribution >= 4 is 12.2 Å². The molecular formula is C5H10N3S+. The first-order valence-electron chi connectivity index (χ1n) is 2.74. The Morgan fingerprint density at radius 1 is 1.67 bits per heavy atom. The van der Waals surface area contributed by atoms with Crippen LogP contribution in [-0.4, -0.2) is 9.90 Å². The van der Waals surface area contributed by atoms with Gasteiger partial charge in [0.15, 0.2) is 5.69 Å². The number of rotatable bonds is 0. The smallest absolute Gasteiger partial charge is 0.165 e. The summed E-state index contributed by atoms with van der Waals surface area (Å²) in [6, 6.07) is 0. The van der Waals surface area contributed by atoms with Crippen LogP contribution in [0.5, 0.6) is 0 Å². The van der Waals surface area contributed by atoms with Gasteiger partial charge in [0.05, 0.1) is 0 Å².